The molecule has 2 aromatic rings. The fourth-order valence-corrected chi connectivity index (χ4v) is 3.45. The normalized spacial score (nSPS) is 10.2. The molecule has 0 saturated heterocycles. The molecule has 0 saturated carbocycles. The summed E-state index contributed by atoms with van der Waals surface area (Å²) in [6.45, 7) is 2.04. The molecule has 0 aliphatic rings. The first kappa shape index (κ1) is 12.6. The molecule has 0 spiro atoms. The Balaban J connectivity index is 2.21. The monoisotopic (exact) mass is 325 g/mol. The van der Waals surface area contributed by atoms with Gasteiger partial charge in [0, 0.05) is 15.8 Å². The summed E-state index contributed by atoms with van der Waals surface area (Å²) in [5, 5.41) is 8.78. The topological polar surface area (TPSA) is 49.6 Å². The number of hydrogen-bond donors (Lipinski definition) is 0. The second kappa shape index (κ2) is 5.63. The molecule has 0 fully saturated rings. The van der Waals surface area contributed by atoms with Crippen molar-refractivity contribution in [3.63, 3.8) is 0 Å². The Morgan fingerprint density at radius 1 is 1.53 bits per heavy atom. The smallest absolute Gasteiger partial charge is 0.174 e. The Morgan fingerprint density at radius 2 is 2.35 bits per heavy atom. The van der Waals surface area contributed by atoms with Crippen molar-refractivity contribution in [2.24, 2.45) is 0 Å². The molecule has 6 heteroatoms. The van der Waals surface area contributed by atoms with E-state index < -0.39 is 0 Å². The highest BCUT2D eigenvalue weighted by Gasteiger charge is 2.08. The Bertz CT molecular complexity index is 574. The molecule has 86 valence electrons. The van der Waals surface area contributed by atoms with Gasteiger partial charge in [-0.05, 0) is 45.7 Å². The van der Waals surface area contributed by atoms with Crippen LogP contribution in [0.2, 0.25) is 0 Å². The Kier molecular flexibility index (Phi) is 4.15. The van der Waals surface area contributed by atoms with E-state index in [2.05, 4.69) is 31.4 Å². The van der Waals surface area contributed by atoms with Crippen molar-refractivity contribution in [1.29, 1.82) is 5.26 Å². The van der Waals surface area contributed by atoms with E-state index in [4.69, 9.17) is 5.26 Å². The lowest BCUT2D eigenvalue weighted by Gasteiger charge is -2.00. The number of aromatic nitrogens is 2. The zero-order chi connectivity index (χ0) is 12.3. The van der Waals surface area contributed by atoms with E-state index in [0.717, 1.165) is 26.0 Å². The van der Waals surface area contributed by atoms with E-state index in [-0.39, 0.29) is 0 Å². The van der Waals surface area contributed by atoms with Gasteiger partial charge in [-0.1, -0.05) is 18.7 Å². The standard InChI is InChI=1S/C11H8BrN3S2/c1-2-10-14-11(17-15-10)16-9-4-3-7(6-13)5-8(9)12/h3-5H,2H2,1H3. The molecule has 0 unspecified atom stereocenters. The molecule has 0 N–H and O–H groups in total. The average Bonchev–Trinajstić information content (AvgIpc) is 2.79. The van der Waals surface area contributed by atoms with Crippen LogP contribution in [0.1, 0.15) is 18.3 Å². The number of rotatable bonds is 3. The molecule has 1 aromatic heterocycles. The maximum Gasteiger partial charge on any atom is 0.174 e. The van der Waals surface area contributed by atoms with Gasteiger partial charge in [-0.15, -0.1) is 0 Å². The van der Waals surface area contributed by atoms with E-state index >= 15 is 0 Å². The molecule has 3 nitrogen and oxygen atoms in total. The molecule has 0 aliphatic carbocycles. The Labute approximate surface area is 116 Å². The van der Waals surface area contributed by atoms with Gasteiger partial charge in [-0.2, -0.15) is 9.64 Å². The SMILES string of the molecule is CCc1nsc(Sc2ccc(C#N)cc2Br)n1. The molecule has 0 bridgehead atoms. The van der Waals surface area contributed by atoms with Crippen molar-refractivity contribution in [3.05, 3.63) is 34.1 Å². The maximum absolute atomic E-state index is 8.78. The second-order valence-electron chi connectivity index (χ2n) is 3.19. The van der Waals surface area contributed by atoms with E-state index in [1.807, 2.05) is 19.1 Å². The first-order valence-corrected chi connectivity index (χ1v) is 7.31. The van der Waals surface area contributed by atoms with Gasteiger partial charge in [0.05, 0.1) is 11.6 Å². The molecule has 0 atom stereocenters. The van der Waals surface area contributed by atoms with Crippen LogP contribution in [0.25, 0.3) is 0 Å². The minimum absolute atomic E-state index is 0.646. The van der Waals surface area contributed by atoms with Crippen molar-refractivity contribution in [2.45, 2.75) is 22.6 Å². The number of nitriles is 1. The largest absolute Gasteiger partial charge is 0.213 e. The van der Waals surface area contributed by atoms with Gasteiger partial charge in [0.15, 0.2) is 4.34 Å². The summed E-state index contributed by atoms with van der Waals surface area (Å²) in [6.07, 6.45) is 0.853. The molecule has 2 rings (SSSR count). The molecule has 1 aromatic carbocycles. The lowest BCUT2D eigenvalue weighted by Crippen LogP contribution is -1.82. The Hall–Kier alpha value is -0.900. The minimum Gasteiger partial charge on any atom is -0.213 e. The number of aryl methyl sites for hydroxylation is 1. The van der Waals surface area contributed by atoms with Crippen molar-refractivity contribution >= 4 is 39.2 Å². The summed E-state index contributed by atoms with van der Waals surface area (Å²) < 4.78 is 6.07. The quantitative estimate of drug-likeness (QED) is 0.859. The van der Waals surface area contributed by atoms with Crippen LogP contribution in [0, 0.1) is 11.3 Å². The third kappa shape index (κ3) is 3.06. The summed E-state index contributed by atoms with van der Waals surface area (Å²) in [7, 11) is 0. The molecular weight excluding hydrogens is 318 g/mol. The highest BCUT2D eigenvalue weighted by molar-refractivity contribution is 9.10. The third-order valence-electron chi connectivity index (χ3n) is 2.02. The van der Waals surface area contributed by atoms with Crippen LogP contribution in [0.5, 0.6) is 0 Å². The summed E-state index contributed by atoms with van der Waals surface area (Å²) in [5.41, 5.74) is 0.646. The van der Waals surface area contributed by atoms with Gasteiger partial charge in [0.25, 0.3) is 0 Å². The summed E-state index contributed by atoms with van der Waals surface area (Å²) in [6, 6.07) is 7.63. The Morgan fingerprint density at radius 3 is 2.94 bits per heavy atom. The predicted molar refractivity (Wildman–Crippen MR) is 72.3 cm³/mol. The van der Waals surface area contributed by atoms with E-state index in [0.29, 0.717) is 5.56 Å². The number of halogens is 1. The van der Waals surface area contributed by atoms with Gasteiger partial charge < -0.3 is 0 Å². The number of hydrogen-bond acceptors (Lipinski definition) is 5. The average molecular weight is 326 g/mol. The van der Waals surface area contributed by atoms with Crippen molar-refractivity contribution in [2.75, 3.05) is 0 Å². The van der Waals surface area contributed by atoms with Crippen LogP contribution in [-0.2, 0) is 6.42 Å². The van der Waals surface area contributed by atoms with Crippen molar-refractivity contribution in [3.8, 4) is 6.07 Å². The summed E-state index contributed by atoms with van der Waals surface area (Å²) in [5.74, 6) is 0.877. The van der Waals surface area contributed by atoms with Crippen LogP contribution in [0.15, 0.2) is 31.9 Å². The third-order valence-corrected chi connectivity index (χ3v) is 4.81. The molecule has 0 amide bonds. The van der Waals surface area contributed by atoms with E-state index in [1.165, 1.54) is 11.5 Å². The van der Waals surface area contributed by atoms with Crippen LogP contribution in [0.3, 0.4) is 0 Å². The first-order chi connectivity index (χ1) is 8.22. The van der Waals surface area contributed by atoms with Gasteiger partial charge in [0.2, 0.25) is 0 Å². The van der Waals surface area contributed by atoms with Crippen LogP contribution in [-0.4, -0.2) is 9.36 Å². The predicted octanol–water partition coefficient (Wildman–Crippen LogP) is 3.89. The zero-order valence-electron chi connectivity index (χ0n) is 8.98. The molecule has 1 heterocycles. The molecule has 0 aliphatic heterocycles. The number of nitrogens with zero attached hydrogens (tertiary/aromatic N) is 3. The highest BCUT2D eigenvalue weighted by atomic mass is 79.9. The van der Waals surface area contributed by atoms with Gasteiger partial charge in [0.1, 0.15) is 5.82 Å². The van der Waals surface area contributed by atoms with Crippen LogP contribution >= 0.6 is 39.2 Å². The van der Waals surface area contributed by atoms with E-state index in [1.54, 1.807) is 17.8 Å². The summed E-state index contributed by atoms with van der Waals surface area (Å²) >= 11 is 6.42. The van der Waals surface area contributed by atoms with Gasteiger partial charge >= 0.3 is 0 Å². The molecule has 0 radical (unpaired) electrons. The van der Waals surface area contributed by atoms with Crippen LogP contribution < -0.4 is 0 Å². The highest BCUT2D eigenvalue weighted by Crippen LogP contribution is 2.34. The number of benzene rings is 1. The maximum atomic E-state index is 8.78. The minimum atomic E-state index is 0.646. The molecule has 17 heavy (non-hydrogen) atoms. The fourth-order valence-electron chi connectivity index (χ4n) is 1.17. The second-order valence-corrected chi connectivity index (χ2v) is 6.08. The summed E-state index contributed by atoms with van der Waals surface area (Å²) in [4.78, 5) is 5.44. The van der Waals surface area contributed by atoms with Gasteiger partial charge in [-0.3, -0.25) is 0 Å². The fraction of sp³-hybridized carbons (Fsp3) is 0.182. The van der Waals surface area contributed by atoms with Crippen molar-refractivity contribution in [1.82, 2.24) is 9.36 Å². The lowest BCUT2D eigenvalue weighted by molar-refractivity contribution is 0.971. The van der Waals surface area contributed by atoms with E-state index in [9.17, 15) is 0 Å². The molecular formula is C11H8BrN3S2. The van der Waals surface area contributed by atoms with Crippen molar-refractivity contribution < 1.29 is 0 Å². The lowest BCUT2D eigenvalue weighted by atomic mass is 10.2. The van der Waals surface area contributed by atoms with Crippen LogP contribution in [0.4, 0.5) is 0 Å². The first-order valence-electron chi connectivity index (χ1n) is 4.93. The van der Waals surface area contributed by atoms with Gasteiger partial charge in [-0.25, -0.2) is 4.98 Å². The zero-order valence-corrected chi connectivity index (χ0v) is 12.2.